The number of aryl methyl sites for hydroxylation is 1. The lowest BCUT2D eigenvalue weighted by atomic mass is 9.83. The van der Waals surface area contributed by atoms with E-state index >= 15 is 0 Å². The molecule has 2 aliphatic heterocycles. The van der Waals surface area contributed by atoms with Crippen molar-refractivity contribution in [2.45, 2.75) is 93.0 Å². The van der Waals surface area contributed by atoms with Gasteiger partial charge in [-0.15, -0.1) is 11.8 Å². The highest BCUT2D eigenvalue weighted by atomic mass is 32.2. The molecule has 12 heteroatoms. The molecule has 302 valence electrons. The molecule has 6 atom stereocenters. The number of phenolic OH excluding ortho intramolecular Hbond substituents is 1. The third-order valence-electron chi connectivity index (χ3n) is 9.94. The SMILES string of the molecule is CC(=O)NCCSC1=C2NC(=O)\C(C)=C/C=C/C=C\[C@H](C)[C@@H](O)CC(=O)/C(C)=C\C[C@H](O)/C=C\[C@H](C)[C@H](O)[C@@H](C)/C=C(\C)C(=O)c3c(O)c(C)cc(c3C1)C2=O. The molecular weight excluding hydrogens is 733 g/mol. The average Bonchev–Trinajstić information content (AvgIpc) is 3.15. The number of aliphatic hydroxyl groups excluding tert-OH is 3. The number of aliphatic hydroxyl groups is 3. The Balaban J connectivity index is 2.12. The number of ketones is 3. The van der Waals surface area contributed by atoms with Crippen LogP contribution in [0.3, 0.4) is 0 Å². The number of carbonyl (C=O) groups is 5. The molecule has 0 fully saturated rings. The van der Waals surface area contributed by atoms with E-state index in [2.05, 4.69) is 10.6 Å². The number of thioether (sulfide) groups is 1. The minimum Gasteiger partial charge on any atom is -0.507 e. The van der Waals surface area contributed by atoms with E-state index in [0.29, 0.717) is 27.4 Å². The number of aromatic hydroxyl groups is 1. The molecule has 1 aromatic carbocycles. The zero-order chi connectivity index (χ0) is 41.9. The second kappa shape index (κ2) is 21.1. The molecular formula is C44H56N2O9S. The lowest BCUT2D eigenvalue weighted by Crippen LogP contribution is -2.33. The number of hydrogen-bond donors (Lipinski definition) is 6. The average molecular weight is 789 g/mol. The van der Waals surface area contributed by atoms with Crippen LogP contribution in [0.25, 0.3) is 0 Å². The topological polar surface area (TPSA) is 190 Å². The first-order valence-corrected chi connectivity index (χ1v) is 19.8. The molecule has 2 heterocycles. The van der Waals surface area contributed by atoms with Gasteiger partial charge in [0.25, 0.3) is 5.91 Å². The number of allylic oxidation sites excluding steroid dienone is 8. The Morgan fingerprint density at radius 1 is 0.875 bits per heavy atom. The molecule has 11 nitrogen and oxygen atoms in total. The molecule has 2 amide bonds. The summed E-state index contributed by atoms with van der Waals surface area (Å²) in [5.41, 5.74) is 1.72. The van der Waals surface area contributed by atoms with Crippen molar-refractivity contribution in [3.05, 3.63) is 110 Å². The van der Waals surface area contributed by atoms with Crippen molar-refractivity contribution in [2.75, 3.05) is 12.3 Å². The largest absolute Gasteiger partial charge is 0.507 e. The minimum atomic E-state index is -0.955. The van der Waals surface area contributed by atoms with E-state index in [-0.39, 0.29) is 77.1 Å². The van der Waals surface area contributed by atoms with Crippen molar-refractivity contribution < 1.29 is 44.4 Å². The Labute approximate surface area is 334 Å². The first-order valence-electron chi connectivity index (χ1n) is 18.8. The summed E-state index contributed by atoms with van der Waals surface area (Å²) in [5.74, 6) is -3.31. The Morgan fingerprint density at radius 3 is 2.25 bits per heavy atom. The summed E-state index contributed by atoms with van der Waals surface area (Å²) in [6.45, 7) is 13.4. The van der Waals surface area contributed by atoms with Gasteiger partial charge >= 0.3 is 0 Å². The fraction of sp³-hybridized carbons (Fsp3) is 0.432. The third kappa shape index (κ3) is 12.4. The number of rotatable bonds is 4. The van der Waals surface area contributed by atoms with Crippen LogP contribution in [0.1, 0.15) is 93.2 Å². The molecule has 0 aromatic heterocycles. The van der Waals surface area contributed by atoms with Crippen LogP contribution in [0.15, 0.2) is 88.1 Å². The second-order valence-corrected chi connectivity index (χ2v) is 15.9. The van der Waals surface area contributed by atoms with Crippen molar-refractivity contribution in [3.8, 4) is 5.75 Å². The normalized spacial score (nSPS) is 29.7. The van der Waals surface area contributed by atoms with E-state index in [1.54, 1.807) is 103 Å². The van der Waals surface area contributed by atoms with Crippen LogP contribution in [0, 0.1) is 24.7 Å². The molecule has 0 unspecified atom stereocenters. The predicted octanol–water partition coefficient (Wildman–Crippen LogP) is 5.68. The number of amides is 2. The molecule has 0 spiro atoms. The van der Waals surface area contributed by atoms with Gasteiger partial charge in [-0.1, -0.05) is 75.5 Å². The number of carbonyl (C=O) groups excluding carboxylic acids is 5. The molecule has 0 saturated heterocycles. The number of Topliss-reactive ketones (excluding diaryl/α,β-unsaturated/α-hetero) is 3. The number of benzene rings is 1. The molecule has 1 aliphatic carbocycles. The maximum absolute atomic E-state index is 14.2. The van der Waals surface area contributed by atoms with E-state index in [0.717, 1.165) is 0 Å². The first kappa shape index (κ1) is 45.8. The summed E-state index contributed by atoms with van der Waals surface area (Å²) in [5, 5.41) is 49.2. The van der Waals surface area contributed by atoms with Gasteiger partial charge in [-0.3, -0.25) is 24.0 Å². The fourth-order valence-corrected chi connectivity index (χ4v) is 7.23. The Kier molecular flexibility index (Phi) is 17.2. The van der Waals surface area contributed by atoms with Gasteiger partial charge < -0.3 is 31.1 Å². The van der Waals surface area contributed by atoms with Crippen molar-refractivity contribution in [1.29, 1.82) is 0 Å². The van der Waals surface area contributed by atoms with Gasteiger partial charge in [-0.25, -0.2) is 0 Å². The Hall–Kier alpha value is -4.62. The summed E-state index contributed by atoms with van der Waals surface area (Å²) in [4.78, 5) is 66.6. The smallest absolute Gasteiger partial charge is 0.251 e. The number of phenols is 1. The van der Waals surface area contributed by atoms with E-state index in [1.165, 1.54) is 24.8 Å². The van der Waals surface area contributed by atoms with Crippen LogP contribution < -0.4 is 10.6 Å². The van der Waals surface area contributed by atoms with Crippen LogP contribution in [0.5, 0.6) is 5.75 Å². The van der Waals surface area contributed by atoms with Crippen molar-refractivity contribution >= 4 is 40.9 Å². The molecule has 4 rings (SSSR count). The third-order valence-corrected chi connectivity index (χ3v) is 11.0. The summed E-state index contributed by atoms with van der Waals surface area (Å²) in [6, 6.07) is 1.51. The first-order chi connectivity index (χ1) is 26.3. The van der Waals surface area contributed by atoms with E-state index in [1.807, 2.05) is 0 Å². The highest BCUT2D eigenvalue weighted by molar-refractivity contribution is 8.03. The second-order valence-electron chi connectivity index (χ2n) is 14.7. The van der Waals surface area contributed by atoms with Gasteiger partial charge in [0, 0.05) is 65.9 Å². The van der Waals surface area contributed by atoms with Crippen molar-refractivity contribution in [2.24, 2.45) is 17.8 Å². The number of nitrogens with one attached hydrogen (secondary N) is 2. The van der Waals surface area contributed by atoms with Gasteiger partial charge in [-0.05, 0) is 62.5 Å². The molecule has 6 N–H and O–H groups in total. The van der Waals surface area contributed by atoms with E-state index in [9.17, 15) is 44.4 Å². The van der Waals surface area contributed by atoms with Gasteiger partial charge in [0.2, 0.25) is 11.7 Å². The summed E-state index contributed by atoms with van der Waals surface area (Å²) < 4.78 is 0. The van der Waals surface area contributed by atoms with Crippen LogP contribution in [-0.4, -0.2) is 80.2 Å². The van der Waals surface area contributed by atoms with Crippen LogP contribution in [-0.2, 0) is 20.8 Å². The minimum absolute atomic E-state index is 0.0351. The van der Waals surface area contributed by atoms with Crippen LogP contribution >= 0.6 is 11.8 Å². The van der Waals surface area contributed by atoms with Crippen LogP contribution in [0.4, 0.5) is 0 Å². The lowest BCUT2D eigenvalue weighted by Gasteiger charge is -2.26. The summed E-state index contributed by atoms with van der Waals surface area (Å²) in [7, 11) is 0. The van der Waals surface area contributed by atoms with E-state index in [4.69, 9.17) is 0 Å². The van der Waals surface area contributed by atoms with Gasteiger partial charge in [0.05, 0.1) is 29.6 Å². The van der Waals surface area contributed by atoms with E-state index < -0.39 is 47.6 Å². The quantitative estimate of drug-likeness (QED) is 0.164. The molecule has 0 saturated carbocycles. The highest BCUT2D eigenvalue weighted by Gasteiger charge is 2.34. The molecule has 4 bridgehead atoms. The van der Waals surface area contributed by atoms with Gasteiger partial charge in [0.15, 0.2) is 11.6 Å². The Morgan fingerprint density at radius 2 is 1.57 bits per heavy atom. The predicted molar refractivity (Wildman–Crippen MR) is 220 cm³/mol. The highest BCUT2D eigenvalue weighted by Crippen LogP contribution is 2.39. The summed E-state index contributed by atoms with van der Waals surface area (Å²) >= 11 is 1.25. The maximum atomic E-state index is 14.2. The lowest BCUT2D eigenvalue weighted by molar-refractivity contribution is -0.119. The van der Waals surface area contributed by atoms with Gasteiger partial charge in [0.1, 0.15) is 5.75 Å². The zero-order valence-corrected chi connectivity index (χ0v) is 34.3. The fourth-order valence-electron chi connectivity index (χ4n) is 6.25. The molecule has 56 heavy (non-hydrogen) atoms. The summed E-state index contributed by atoms with van der Waals surface area (Å²) in [6.07, 6.45) is 12.0. The number of hydrogen-bond acceptors (Lipinski definition) is 10. The molecule has 0 radical (unpaired) electrons. The standard InChI is InChI=1S/C44H56N2O9S/c1-24-12-10-9-11-13-27(4)44(55)46-39-37(56-19-18-45-31(8)47)22-33-34(43(39)54)21-30(7)42(53)38(33)41(52)29(6)20-28(5)40(51)26(3)15-17-32(48)16-14-25(2)36(50)23-35(24)49/h9-15,17,20-21,24,26,28,32,35,40,48-49,51,53H,16,18-19,22-23H2,1-8H3,(H,45,47)(H,46,55)/b11-9+,12-10-,17-15-,25-14-,27-13-,29-20+/t24-,26-,28-,32-,35-,40-/m0/s1. The zero-order valence-electron chi connectivity index (χ0n) is 33.5. The monoisotopic (exact) mass is 788 g/mol. The molecule has 1 aromatic rings. The van der Waals surface area contributed by atoms with Crippen molar-refractivity contribution in [3.63, 3.8) is 0 Å². The van der Waals surface area contributed by atoms with Gasteiger partial charge in [-0.2, -0.15) is 0 Å². The Bertz CT molecular complexity index is 1920. The maximum Gasteiger partial charge on any atom is 0.251 e. The molecule has 3 aliphatic rings. The number of fused-ring (bicyclic) bond motifs is 18. The van der Waals surface area contributed by atoms with Crippen LogP contribution in [0.2, 0.25) is 0 Å². The van der Waals surface area contributed by atoms with Crippen molar-refractivity contribution in [1.82, 2.24) is 10.6 Å².